The average Bonchev–Trinajstić information content (AvgIpc) is 2.94. The predicted octanol–water partition coefficient (Wildman–Crippen LogP) is 0.0684. The van der Waals surface area contributed by atoms with Crippen molar-refractivity contribution in [2.75, 3.05) is 6.61 Å². The maximum absolute atomic E-state index is 14.0. The van der Waals surface area contributed by atoms with Gasteiger partial charge in [0.05, 0.1) is 12.9 Å². The number of aliphatic hydroxyl groups excluding tert-OH is 2. The number of nitrogens with zero attached hydrogens (tertiary/aromatic N) is 4. The molecule has 4 atom stereocenters. The van der Waals surface area contributed by atoms with Crippen molar-refractivity contribution in [3.63, 3.8) is 0 Å². The number of rotatable bonds is 2. The molecule has 0 saturated carbocycles. The summed E-state index contributed by atoms with van der Waals surface area (Å²) in [7, 11) is 0. The summed E-state index contributed by atoms with van der Waals surface area (Å²) in [5, 5.41) is 18.8. The summed E-state index contributed by atoms with van der Waals surface area (Å²) in [6.45, 7) is -0.472. The Balaban J connectivity index is 2.04. The van der Waals surface area contributed by atoms with E-state index in [0.29, 0.717) is 11.2 Å². The fourth-order valence-corrected chi connectivity index (χ4v) is 2.26. The standard InChI is InChI=1S/C10H10ClFN4O3/c11-8-6-9(14-2-13-8)16(3-15-6)10-5(12)7(18)4(1-17)19-10/h2-5,7,10,17-18H,1H2/t4-,5+,7-,10?/m1/s1. The Bertz CT molecular complexity index is 609. The number of halogens is 2. The third-order valence-corrected chi connectivity index (χ3v) is 3.34. The van der Waals surface area contributed by atoms with Crippen LogP contribution in [0.1, 0.15) is 6.23 Å². The average molecular weight is 289 g/mol. The molecule has 2 N–H and O–H groups in total. The smallest absolute Gasteiger partial charge is 0.173 e. The molecule has 0 radical (unpaired) electrons. The molecule has 2 aromatic heterocycles. The van der Waals surface area contributed by atoms with E-state index in [1.54, 1.807) is 0 Å². The van der Waals surface area contributed by atoms with Crippen molar-refractivity contribution >= 4 is 22.8 Å². The molecule has 3 rings (SSSR count). The molecule has 0 amide bonds. The lowest BCUT2D eigenvalue weighted by Gasteiger charge is -2.14. The number of alkyl halides is 1. The molecule has 0 aliphatic carbocycles. The molecule has 2 aromatic rings. The van der Waals surface area contributed by atoms with Gasteiger partial charge in [0.1, 0.15) is 24.1 Å². The maximum atomic E-state index is 14.0. The Kier molecular flexibility index (Phi) is 3.09. The van der Waals surface area contributed by atoms with Crippen molar-refractivity contribution in [1.82, 2.24) is 19.5 Å². The van der Waals surface area contributed by atoms with Crippen molar-refractivity contribution in [2.24, 2.45) is 0 Å². The van der Waals surface area contributed by atoms with Gasteiger partial charge in [0.15, 0.2) is 23.2 Å². The van der Waals surface area contributed by atoms with E-state index >= 15 is 0 Å². The minimum Gasteiger partial charge on any atom is -0.394 e. The molecule has 3 heterocycles. The third-order valence-electron chi connectivity index (χ3n) is 3.06. The van der Waals surface area contributed by atoms with E-state index < -0.39 is 31.2 Å². The molecule has 1 fully saturated rings. The first-order valence-electron chi connectivity index (χ1n) is 5.55. The lowest BCUT2D eigenvalue weighted by atomic mass is 10.1. The van der Waals surface area contributed by atoms with Crippen LogP contribution >= 0.6 is 11.6 Å². The van der Waals surface area contributed by atoms with E-state index in [-0.39, 0.29) is 5.15 Å². The fraction of sp³-hybridized carbons (Fsp3) is 0.500. The van der Waals surface area contributed by atoms with Crippen LogP contribution in [0, 0.1) is 0 Å². The first-order valence-corrected chi connectivity index (χ1v) is 5.92. The predicted molar refractivity (Wildman–Crippen MR) is 62.2 cm³/mol. The number of ether oxygens (including phenoxy) is 1. The molecule has 1 saturated heterocycles. The van der Waals surface area contributed by atoms with Gasteiger partial charge in [-0.25, -0.2) is 19.3 Å². The zero-order valence-electron chi connectivity index (χ0n) is 9.52. The van der Waals surface area contributed by atoms with Crippen LogP contribution in [0.2, 0.25) is 5.15 Å². The van der Waals surface area contributed by atoms with Crippen molar-refractivity contribution in [3.8, 4) is 0 Å². The summed E-state index contributed by atoms with van der Waals surface area (Å²) in [6, 6.07) is 0. The van der Waals surface area contributed by atoms with E-state index in [1.807, 2.05) is 0 Å². The topological polar surface area (TPSA) is 93.3 Å². The zero-order valence-corrected chi connectivity index (χ0v) is 10.3. The summed E-state index contributed by atoms with van der Waals surface area (Å²) in [5.74, 6) is 0. The lowest BCUT2D eigenvalue weighted by molar-refractivity contribution is -0.0459. The number of aliphatic hydroxyl groups is 2. The van der Waals surface area contributed by atoms with Crippen LogP contribution in [-0.2, 0) is 4.74 Å². The minimum absolute atomic E-state index is 0.149. The first kappa shape index (κ1) is 12.7. The second kappa shape index (κ2) is 4.64. The molecule has 1 unspecified atom stereocenters. The van der Waals surface area contributed by atoms with Gasteiger partial charge in [0.25, 0.3) is 0 Å². The molecule has 1 aliphatic rings. The molecule has 0 bridgehead atoms. The van der Waals surface area contributed by atoms with Gasteiger partial charge >= 0.3 is 0 Å². The van der Waals surface area contributed by atoms with Gasteiger partial charge in [0, 0.05) is 0 Å². The van der Waals surface area contributed by atoms with Crippen LogP contribution in [0.25, 0.3) is 11.2 Å². The van der Waals surface area contributed by atoms with Crippen LogP contribution in [0.4, 0.5) is 4.39 Å². The zero-order chi connectivity index (χ0) is 13.6. The highest BCUT2D eigenvalue weighted by Gasteiger charge is 2.45. The Morgan fingerprint density at radius 3 is 2.89 bits per heavy atom. The summed E-state index contributed by atoms with van der Waals surface area (Å²) < 4.78 is 20.6. The quantitative estimate of drug-likeness (QED) is 0.760. The van der Waals surface area contributed by atoms with Gasteiger partial charge < -0.3 is 14.9 Å². The maximum Gasteiger partial charge on any atom is 0.173 e. The number of hydrogen-bond donors (Lipinski definition) is 2. The summed E-state index contributed by atoms with van der Waals surface area (Å²) in [4.78, 5) is 11.7. The summed E-state index contributed by atoms with van der Waals surface area (Å²) in [5.41, 5.74) is 0.625. The molecule has 102 valence electrons. The highest BCUT2D eigenvalue weighted by Crippen LogP contribution is 2.33. The lowest BCUT2D eigenvalue weighted by Crippen LogP contribution is -2.30. The molecule has 0 spiro atoms. The van der Waals surface area contributed by atoms with E-state index in [9.17, 15) is 9.50 Å². The number of hydrogen-bond acceptors (Lipinski definition) is 6. The Morgan fingerprint density at radius 1 is 1.42 bits per heavy atom. The largest absolute Gasteiger partial charge is 0.394 e. The van der Waals surface area contributed by atoms with Crippen molar-refractivity contribution < 1.29 is 19.3 Å². The highest BCUT2D eigenvalue weighted by atomic mass is 35.5. The van der Waals surface area contributed by atoms with Crippen LogP contribution in [0.15, 0.2) is 12.7 Å². The minimum atomic E-state index is -1.69. The number of aromatic nitrogens is 4. The highest BCUT2D eigenvalue weighted by molar-refractivity contribution is 6.33. The summed E-state index contributed by atoms with van der Waals surface area (Å²) >= 11 is 5.85. The van der Waals surface area contributed by atoms with Crippen molar-refractivity contribution in [1.29, 1.82) is 0 Å². The summed E-state index contributed by atoms with van der Waals surface area (Å²) in [6.07, 6.45) is -2.63. The monoisotopic (exact) mass is 288 g/mol. The Hall–Kier alpha value is -1.35. The van der Waals surface area contributed by atoms with E-state index in [1.165, 1.54) is 17.2 Å². The Morgan fingerprint density at radius 2 is 2.21 bits per heavy atom. The van der Waals surface area contributed by atoms with Gasteiger partial charge in [0.2, 0.25) is 0 Å². The van der Waals surface area contributed by atoms with Crippen LogP contribution in [0.3, 0.4) is 0 Å². The second-order valence-electron chi connectivity index (χ2n) is 4.17. The molecule has 7 nitrogen and oxygen atoms in total. The van der Waals surface area contributed by atoms with E-state index in [4.69, 9.17) is 21.4 Å². The molecule has 9 heteroatoms. The molecule has 19 heavy (non-hydrogen) atoms. The fourth-order valence-electron chi connectivity index (χ4n) is 2.09. The van der Waals surface area contributed by atoms with Crippen LogP contribution in [0.5, 0.6) is 0 Å². The van der Waals surface area contributed by atoms with Gasteiger partial charge in [-0.15, -0.1) is 0 Å². The van der Waals surface area contributed by atoms with E-state index in [2.05, 4.69) is 15.0 Å². The molecular formula is C10H10ClFN4O3. The first-order chi connectivity index (χ1) is 9.13. The van der Waals surface area contributed by atoms with E-state index in [0.717, 1.165) is 0 Å². The van der Waals surface area contributed by atoms with Gasteiger partial charge in [-0.3, -0.25) is 4.57 Å². The Labute approximate surface area is 111 Å². The SMILES string of the molecule is OC[C@H]1OC(n2cnc3c(Cl)ncnc32)[C@@H](F)[C@@H]1O. The number of fused-ring (bicyclic) bond motifs is 1. The molecule has 1 aliphatic heterocycles. The van der Waals surface area contributed by atoms with Gasteiger partial charge in [-0.05, 0) is 0 Å². The van der Waals surface area contributed by atoms with Crippen molar-refractivity contribution in [2.45, 2.75) is 24.6 Å². The van der Waals surface area contributed by atoms with Gasteiger partial charge in [-0.2, -0.15) is 0 Å². The normalized spacial score (nSPS) is 31.2. The van der Waals surface area contributed by atoms with Crippen LogP contribution in [-0.4, -0.2) is 54.7 Å². The second-order valence-corrected chi connectivity index (χ2v) is 4.53. The van der Waals surface area contributed by atoms with Gasteiger partial charge in [-0.1, -0.05) is 11.6 Å². The molecule has 0 aromatic carbocycles. The molecular weight excluding hydrogens is 279 g/mol. The van der Waals surface area contributed by atoms with Crippen molar-refractivity contribution in [3.05, 3.63) is 17.8 Å². The number of imidazole rings is 1. The van der Waals surface area contributed by atoms with Crippen LogP contribution < -0.4 is 0 Å². The third kappa shape index (κ3) is 1.88.